The van der Waals surface area contributed by atoms with Crippen LogP contribution in [0.1, 0.15) is 0 Å². The lowest BCUT2D eigenvalue weighted by molar-refractivity contribution is 0.669. The van der Waals surface area contributed by atoms with E-state index >= 15 is 0 Å². The van der Waals surface area contributed by atoms with E-state index < -0.39 is 0 Å². The van der Waals surface area contributed by atoms with E-state index in [2.05, 4.69) is 126 Å². The van der Waals surface area contributed by atoms with E-state index in [-0.39, 0.29) is 0 Å². The zero-order valence-corrected chi connectivity index (χ0v) is 27.2. The van der Waals surface area contributed by atoms with Gasteiger partial charge >= 0.3 is 0 Å². The molecule has 0 radical (unpaired) electrons. The second-order valence-electron chi connectivity index (χ2n) is 12.9. The zero-order chi connectivity index (χ0) is 33.5. The summed E-state index contributed by atoms with van der Waals surface area (Å²) in [6.45, 7) is 0. The van der Waals surface area contributed by atoms with Crippen LogP contribution in [0.3, 0.4) is 0 Å². The second-order valence-corrected chi connectivity index (χ2v) is 12.9. The van der Waals surface area contributed by atoms with Crippen LogP contribution in [0.25, 0.3) is 105 Å². The molecule has 0 amide bonds. The molecule has 0 aliphatic rings. The Balaban J connectivity index is 1.17. The van der Waals surface area contributed by atoms with Crippen LogP contribution in [0.5, 0.6) is 0 Å². The maximum Gasteiger partial charge on any atom is 0.164 e. The molecule has 0 unspecified atom stereocenters. The van der Waals surface area contributed by atoms with E-state index in [1.54, 1.807) is 0 Å². The molecule has 51 heavy (non-hydrogen) atoms. The van der Waals surface area contributed by atoms with Gasteiger partial charge in [-0.1, -0.05) is 97.1 Å². The van der Waals surface area contributed by atoms with Crippen molar-refractivity contribution in [3.8, 4) is 39.6 Å². The van der Waals surface area contributed by atoms with Crippen molar-refractivity contribution in [1.29, 1.82) is 0 Å². The Morgan fingerprint density at radius 3 is 1.96 bits per heavy atom. The number of para-hydroxylation sites is 4. The Hall–Kier alpha value is -6.98. The first kappa shape index (κ1) is 27.9. The predicted molar refractivity (Wildman–Crippen MR) is 207 cm³/mol. The molecule has 11 rings (SSSR count). The third-order valence-electron chi connectivity index (χ3n) is 10.0. The topological polar surface area (TPSA) is 57.0 Å². The molecule has 0 atom stereocenters. The Morgan fingerprint density at radius 1 is 0.412 bits per heavy atom. The molecule has 0 bridgehead atoms. The molecule has 0 fully saturated rings. The number of rotatable bonds is 4. The lowest BCUT2D eigenvalue weighted by Crippen LogP contribution is -1.96. The zero-order valence-electron chi connectivity index (χ0n) is 27.2. The summed E-state index contributed by atoms with van der Waals surface area (Å²) in [5, 5.41) is 6.47. The van der Waals surface area contributed by atoms with Crippen molar-refractivity contribution in [3.63, 3.8) is 0 Å². The van der Waals surface area contributed by atoms with Gasteiger partial charge in [0.1, 0.15) is 22.3 Å². The van der Waals surface area contributed by atoms with Gasteiger partial charge < -0.3 is 13.4 Å². The van der Waals surface area contributed by atoms with Gasteiger partial charge in [0.25, 0.3) is 0 Å². The van der Waals surface area contributed by atoms with Gasteiger partial charge in [0, 0.05) is 43.7 Å². The summed E-state index contributed by atoms with van der Waals surface area (Å²) >= 11 is 0. The van der Waals surface area contributed by atoms with Crippen molar-refractivity contribution >= 4 is 65.7 Å². The molecular formula is C46H27N3O2. The maximum absolute atomic E-state index is 6.99. The van der Waals surface area contributed by atoms with Crippen molar-refractivity contribution in [2.24, 2.45) is 0 Å². The molecule has 0 N–H and O–H groups in total. The van der Waals surface area contributed by atoms with Crippen molar-refractivity contribution in [1.82, 2.24) is 14.5 Å². The van der Waals surface area contributed by atoms with Crippen molar-refractivity contribution in [3.05, 3.63) is 164 Å². The molecule has 0 saturated heterocycles. The summed E-state index contributed by atoms with van der Waals surface area (Å²) in [5.74, 6) is 0.608. The molecule has 0 saturated carbocycles. The third kappa shape index (κ3) is 4.22. The van der Waals surface area contributed by atoms with E-state index in [4.69, 9.17) is 18.8 Å². The molecule has 5 heteroatoms. The summed E-state index contributed by atoms with van der Waals surface area (Å²) in [6.07, 6.45) is 0. The van der Waals surface area contributed by atoms with Gasteiger partial charge in [0.15, 0.2) is 5.82 Å². The highest BCUT2D eigenvalue weighted by Gasteiger charge is 2.21. The average Bonchev–Trinajstić information content (AvgIpc) is 3.87. The van der Waals surface area contributed by atoms with Gasteiger partial charge in [0.2, 0.25) is 0 Å². The van der Waals surface area contributed by atoms with Crippen LogP contribution >= 0.6 is 0 Å². The van der Waals surface area contributed by atoms with Crippen LogP contribution in [-0.4, -0.2) is 14.5 Å². The van der Waals surface area contributed by atoms with Crippen molar-refractivity contribution < 1.29 is 8.83 Å². The van der Waals surface area contributed by atoms with E-state index in [0.717, 1.165) is 99.4 Å². The minimum atomic E-state index is 0.608. The predicted octanol–water partition coefficient (Wildman–Crippen LogP) is 12.4. The first-order chi connectivity index (χ1) is 25.3. The smallest absolute Gasteiger partial charge is 0.164 e. The van der Waals surface area contributed by atoms with Gasteiger partial charge in [-0.3, -0.25) is 0 Å². The summed E-state index contributed by atoms with van der Waals surface area (Å²) in [5.41, 5.74) is 11.2. The highest BCUT2D eigenvalue weighted by atomic mass is 16.3. The Kier molecular flexibility index (Phi) is 5.89. The number of furan rings is 2. The fourth-order valence-electron chi connectivity index (χ4n) is 7.70. The number of aromatic nitrogens is 3. The molecular weight excluding hydrogens is 627 g/mol. The van der Waals surface area contributed by atoms with Crippen molar-refractivity contribution in [2.75, 3.05) is 0 Å². The quantitative estimate of drug-likeness (QED) is 0.190. The molecule has 0 aliphatic carbocycles. The van der Waals surface area contributed by atoms with Gasteiger partial charge in [-0.2, -0.15) is 0 Å². The first-order valence-corrected chi connectivity index (χ1v) is 17.1. The Labute approximate surface area is 291 Å². The highest BCUT2D eigenvalue weighted by Crippen LogP contribution is 2.43. The van der Waals surface area contributed by atoms with E-state index in [1.807, 2.05) is 42.5 Å². The van der Waals surface area contributed by atoms with Crippen molar-refractivity contribution in [2.45, 2.75) is 0 Å². The molecule has 11 aromatic rings. The lowest BCUT2D eigenvalue weighted by atomic mass is 10.0. The van der Waals surface area contributed by atoms with Crippen LogP contribution < -0.4 is 0 Å². The second kappa shape index (κ2) is 10.8. The highest BCUT2D eigenvalue weighted by molar-refractivity contribution is 6.24. The fraction of sp³-hybridized carbons (Fsp3) is 0. The molecule has 0 spiro atoms. The minimum Gasteiger partial charge on any atom is -0.456 e. The summed E-state index contributed by atoms with van der Waals surface area (Å²) < 4.78 is 15.4. The van der Waals surface area contributed by atoms with Gasteiger partial charge in [-0.25, -0.2) is 9.97 Å². The third-order valence-corrected chi connectivity index (χ3v) is 10.0. The largest absolute Gasteiger partial charge is 0.456 e. The number of benzene rings is 7. The molecule has 7 aromatic carbocycles. The fourth-order valence-corrected chi connectivity index (χ4v) is 7.70. The number of nitrogens with zero attached hydrogens (tertiary/aromatic N) is 3. The molecule has 5 nitrogen and oxygen atoms in total. The molecule has 0 aliphatic heterocycles. The number of hydrogen-bond acceptors (Lipinski definition) is 4. The van der Waals surface area contributed by atoms with Crippen LogP contribution in [0.15, 0.2) is 173 Å². The summed E-state index contributed by atoms with van der Waals surface area (Å²) in [7, 11) is 0. The lowest BCUT2D eigenvalue weighted by Gasteiger charge is -2.10. The van der Waals surface area contributed by atoms with Crippen LogP contribution in [-0.2, 0) is 0 Å². The first-order valence-electron chi connectivity index (χ1n) is 17.1. The summed E-state index contributed by atoms with van der Waals surface area (Å²) in [4.78, 5) is 10.4. The van der Waals surface area contributed by atoms with Crippen LogP contribution in [0.2, 0.25) is 0 Å². The van der Waals surface area contributed by atoms with E-state index in [1.165, 1.54) is 0 Å². The minimum absolute atomic E-state index is 0.608. The molecule has 4 heterocycles. The van der Waals surface area contributed by atoms with E-state index in [9.17, 15) is 0 Å². The number of hydrogen-bond donors (Lipinski definition) is 0. The molecule has 4 aromatic heterocycles. The Bertz CT molecular complexity index is 3130. The van der Waals surface area contributed by atoms with Crippen LogP contribution in [0, 0.1) is 0 Å². The SMILES string of the molecule is c1ccc(-c2cc(-c3ccc4oc5ccccc5c4c3)nc(-c3cccc4c3oc3c4ccc4c3c3ccccc3n4-c3ccccc3)n2)cc1. The van der Waals surface area contributed by atoms with Gasteiger partial charge in [0.05, 0.1) is 33.4 Å². The normalized spacial score (nSPS) is 11.9. The van der Waals surface area contributed by atoms with Gasteiger partial charge in [-0.15, -0.1) is 0 Å². The average molecular weight is 654 g/mol. The number of fused-ring (bicyclic) bond motifs is 10. The maximum atomic E-state index is 6.99. The molecule has 238 valence electrons. The summed E-state index contributed by atoms with van der Waals surface area (Å²) in [6, 6.07) is 56.5. The standard InChI is InChI=1S/C46H27N3O2/c1-3-12-28(13-4-1)37-27-38(29-22-25-42-36(26-29)31-16-8-10-21-41(31)50-42)48-46(47-37)35-19-11-18-32-33-23-24-40-43(45(33)51-44(32)35)34-17-7-9-20-39(34)49(40)30-14-5-2-6-15-30/h1-27H. The van der Waals surface area contributed by atoms with E-state index in [0.29, 0.717) is 5.82 Å². The monoisotopic (exact) mass is 653 g/mol. The Morgan fingerprint density at radius 2 is 1.10 bits per heavy atom. The van der Waals surface area contributed by atoms with Crippen LogP contribution in [0.4, 0.5) is 0 Å². The van der Waals surface area contributed by atoms with Gasteiger partial charge in [-0.05, 0) is 66.7 Å².